The Morgan fingerprint density at radius 1 is 0.792 bits per heavy atom. The smallest absolute Gasteiger partial charge is 0.200 e. The molecule has 0 atom stereocenters. The lowest BCUT2D eigenvalue weighted by Gasteiger charge is -2.08. The number of methoxy groups -OCH3 is 1. The Morgan fingerprint density at radius 3 is 2.21 bits per heavy atom. The van der Waals surface area contributed by atoms with Crippen molar-refractivity contribution in [3.8, 4) is 22.6 Å². The minimum atomic E-state index is -0.0824. The molecule has 0 aromatic heterocycles. The Balaban J connectivity index is 1.63. The van der Waals surface area contributed by atoms with Crippen molar-refractivity contribution in [3.63, 3.8) is 0 Å². The van der Waals surface area contributed by atoms with Gasteiger partial charge in [-0.05, 0) is 35.4 Å². The Labute approximate surface area is 141 Å². The van der Waals surface area contributed by atoms with Gasteiger partial charge >= 0.3 is 0 Å². The lowest BCUT2D eigenvalue weighted by Crippen LogP contribution is -2.11. The Morgan fingerprint density at radius 2 is 1.50 bits per heavy atom. The predicted octanol–water partition coefficient (Wildman–Crippen LogP) is 4.62. The van der Waals surface area contributed by atoms with Crippen LogP contribution in [-0.4, -0.2) is 19.5 Å². The van der Waals surface area contributed by atoms with Gasteiger partial charge in [-0.25, -0.2) is 0 Å². The van der Waals surface area contributed by atoms with Crippen molar-refractivity contribution in [1.82, 2.24) is 0 Å². The van der Waals surface area contributed by atoms with Gasteiger partial charge in [-0.1, -0.05) is 54.6 Å². The van der Waals surface area contributed by atoms with E-state index in [0.717, 1.165) is 11.1 Å². The van der Waals surface area contributed by atoms with Crippen LogP contribution in [-0.2, 0) is 0 Å². The average molecular weight is 318 g/mol. The topological polar surface area (TPSA) is 35.5 Å². The van der Waals surface area contributed by atoms with Crippen LogP contribution < -0.4 is 9.47 Å². The van der Waals surface area contributed by atoms with Crippen molar-refractivity contribution >= 4 is 5.78 Å². The number of ketones is 1. The Hall–Kier alpha value is -3.07. The number of benzene rings is 3. The van der Waals surface area contributed by atoms with Crippen LogP contribution in [0.2, 0.25) is 0 Å². The van der Waals surface area contributed by atoms with E-state index in [4.69, 9.17) is 9.47 Å². The standard InChI is InChI=1S/C21H18O3/c1-23-20-9-5-8-18(14-20)21(22)15-24-19-12-10-17(11-13-19)16-6-3-2-4-7-16/h2-14H,15H2,1H3. The highest BCUT2D eigenvalue weighted by Crippen LogP contribution is 2.22. The normalized spacial score (nSPS) is 10.2. The molecule has 0 saturated heterocycles. The fourth-order valence-electron chi connectivity index (χ4n) is 2.40. The first-order valence-corrected chi connectivity index (χ1v) is 7.72. The van der Waals surface area contributed by atoms with Gasteiger partial charge in [-0.2, -0.15) is 0 Å². The molecule has 0 unspecified atom stereocenters. The van der Waals surface area contributed by atoms with E-state index in [-0.39, 0.29) is 12.4 Å². The molecule has 0 radical (unpaired) electrons. The Kier molecular flexibility index (Phi) is 4.92. The molecule has 0 heterocycles. The maximum atomic E-state index is 12.2. The van der Waals surface area contributed by atoms with Gasteiger partial charge in [-0.3, -0.25) is 4.79 Å². The largest absolute Gasteiger partial charge is 0.497 e. The lowest BCUT2D eigenvalue weighted by molar-refractivity contribution is 0.0921. The highest BCUT2D eigenvalue weighted by Gasteiger charge is 2.08. The van der Waals surface area contributed by atoms with E-state index in [0.29, 0.717) is 17.1 Å². The summed E-state index contributed by atoms with van der Waals surface area (Å²) in [5.74, 6) is 1.25. The highest BCUT2D eigenvalue weighted by atomic mass is 16.5. The number of rotatable bonds is 6. The molecule has 3 rings (SSSR count). The fourth-order valence-corrected chi connectivity index (χ4v) is 2.40. The molecule has 0 aliphatic heterocycles. The first-order valence-electron chi connectivity index (χ1n) is 7.72. The van der Waals surface area contributed by atoms with Gasteiger partial charge in [-0.15, -0.1) is 0 Å². The number of carbonyl (C=O) groups is 1. The van der Waals surface area contributed by atoms with Gasteiger partial charge in [0.25, 0.3) is 0 Å². The van der Waals surface area contributed by atoms with Gasteiger partial charge < -0.3 is 9.47 Å². The summed E-state index contributed by atoms with van der Waals surface area (Å²) in [4.78, 5) is 12.2. The summed E-state index contributed by atoms with van der Waals surface area (Å²) in [6, 6.07) is 24.9. The van der Waals surface area contributed by atoms with E-state index in [9.17, 15) is 4.79 Å². The molecule has 3 nitrogen and oxygen atoms in total. The van der Waals surface area contributed by atoms with E-state index in [1.807, 2.05) is 42.5 Å². The van der Waals surface area contributed by atoms with Crippen LogP contribution in [0.1, 0.15) is 10.4 Å². The monoisotopic (exact) mass is 318 g/mol. The van der Waals surface area contributed by atoms with E-state index in [1.165, 1.54) is 0 Å². The predicted molar refractivity (Wildman–Crippen MR) is 94.7 cm³/mol. The SMILES string of the molecule is COc1cccc(C(=O)COc2ccc(-c3ccccc3)cc2)c1. The summed E-state index contributed by atoms with van der Waals surface area (Å²) in [7, 11) is 1.58. The summed E-state index contributed by atoms with van der Waals surface area (Å²) in [5, 5.41) is 0. The molecule has 0 fully saturated rings. The highest BCUT2D eigenvalue weighted by molar-refractivity contribution is 5.97. The first kappa shape index (κ1) is 15.8. The molecule has 0 saturated carbocycles. The van der Waals surface area contributed by atoms with Crippen LogP contribution in [0.25, 0.3) is 11.1 Å². The second-order valence-electron chi connectivity index (χ2n) is 5.33. The molecule has 3 aromatic carbocycles. The zero-order valence-corrected chi connectivity index (χ0v) is 13.4. The maximum absolute atomic E-state index is 12.2. The van der Waals surface area contributed by atoms with Crippen molar-refractivity contribution in [2.75, 3.05) is 13.7 Å². The summed E-state index contributed by atoms with van der Waals surface area (Å²) in [6.07, 6.45) is 0. The number of hydrogen-bond acceptors (Lipinski definition) is 3. The third-order valence-electron chi connectivity index (χ3n) is 3.72. The van der Waals surface area contributed by atoms with Gasteiger partial charge in [0.2, 0.25) is 0 Å². The lowest BCUT2D eigenvalue weighted by atomic mass is 10.1. The number of carbonyl (C=O) groups excluding carboxylic acids is 1. The molecule has 3 heteroatoms. The van der Waals surface area contributed by atoms with Crippen LogP contribution in [0.5, 0.6) is 11.5 Å². The van der Waals surface area contributed by atoms with Crippen molar-refractivity contribution in [2.24, 2.45) is 0 Å². The zero-order valence-electron chi connectivity index (χ0n) is 13.4. The number of hydrogen-bond donors (Lipinski definition) is 0. The summed E-state index contributed by atoms with van der Waals surface area (Å²) in [6.45, 7) is -0.00213. The molecular weight excluding hydrogens is 300 g/mol. The molecule has 0 bridgehead atoms. The number of Topliss-reactive ketones (excluding diaryl/α,β-unsaturated/α-hetero) is 1. The maximum Gasteiger partial charge on any atom is 0.200 e. The van der Waals surface area contributed by atoms with Crippen molar-refractivity contribution < 1.29 is 14.3 Å². The summed E-state index contributed by atoms with van der Waals surface area (Å²) >= 11 is 0. The molecular formula is C21H18O3. The van der Waals surface area contributed by atoms with Crippen molar-refractivity contribution in [1.29, 1.82) is 0 Å². The Bertz CT molecular complexity index is 808. The van der Waals surface area contributed by atoms with E-state index in [1.54, 1.807) is 31.4 Å². The van der Waals surface area contributed by atoms with E-state index in [2.05, 4.69) is 12.1 Å². The minimum absolute atomic E-state index is 0.00213. The number of ether oxygens (including phenoxy) is 2. The second-order valence-corrected chi connectivity index (χ2v) is 5.33. The molecule has 120 valence electrons. The van der Waals surface area contributed by atoms with Gasteiger partial charge in [0.15, 0.2) is 12.4 Å². The van der Waals surface area contributed by atoms with Crippen LogP contribution in [0.15, 0.2) is 78.9 Å². The quantitative estimate of drug-likeness (QED) is 0.622. The van der Waals surface area contributed by atoms with Crippen molar-refractivity contribution in [2.45, 2.75) is 0 Å². The molecule has 0 aliphatic carbocycles. The van der Waals surface area contributed by atoms with Crippen molar-refractivity contribution in [3.05, 3.63) is 84.4 Å². The van der Waals surface area contributed by atoms with Crippen LogP contribution in [0, 0.1) is 0 Å². The fraction of sp³-hybridized carbons (Fsp3) is 0.0952. The third-order valence-corrected chi connectivity index (χ3v) is 3.72. The molecule has 0 spiro atoms. The van der Waals surface area contributed by atoms with Gasteiger partial charge in [0, 0.05) is 5.56 Å². The average Bonchev–Trinajstić information content (AvgIpc) is 2.67. The van der Waals surface area contributed by atoms with Crippen LogP contribution >= 0.6 is 0 Å². The first-order chi connectivity index (χ1) is 11.8. The molecule has 0 aliphatic rings. The van der Waals surface area contributed by atoms with Crippen LogP contribution in [0.3, 0.4) is 0 Å². The van der Waals surface area contributed by atoms with E-state index < -0.39 is 0 Å². The molecule has 0 amide bonds. The third kappa shape index (κ3) is 3.82. The summed E-state index contributed by atoms with van der Waals surface area (Å²) < 4.78 is 10.7. The van der Waals surface area contributed by atoms with Gasteiger partial charge in [0.1, 0.15) is 11.5 Å². The second kappa shape index (κ2) is 7.47. The van der Waals surface area contributed by atoms with Crippen LogP contribution in [0.4, 0.5) is 0 Å². The summed E-state index contributed by atoms with van der Waals surface area (Å²) in [5.41, 5.74) is 2.84. The van der Waals surface area contributed by atoms with E-state index >= 15 is 0 Å². The molecule has 3 aromatic rings. The zero-order chi connectivity index (χ0) is 16.8. The molecule has 0 N–H and O–H groups in total. The van der Waals surface area contributed by atoms with Gasteiger partial charge in [0.05, 0.1) is 7.11 Å². The molecule has 24 heavy (non-hydrogen) atoms. The minimum Gasteiger partial charge on any atom is -0.497 e.